The van der Waals surface area contributed by atoms with Gasteiger partial charge in [-0.05, 0) is 24.6 Å². The average molecular weight is 294 g/mol. The van der Waals surface area contributed by atoms with Crippen LogP contribution in [0.3, 0.4) is 0 Å². The van der Waals surface area contributed by atoms with Gasteiger partial charge in [-0.3, -0.25) is 0 Å². The average Bonchev–Trinajstić information content (AvgIpc) is 3.23. The molecule has 0 radical (unpaired) electrons. The lowest BCUT2D eigenvalue weighted by Crippen LogP contribution is -2.20. The summed E-state index contributed by atoms with van der Waals surface area (Å²) in [6, 6.07) is 10.3. The van der Waals surface area contributed by atoms with Crippen LogP contribution in [0.2, 0.25) is 0 Å². The van der Waals surface area contributed by atoms with Crippen molar-refractivity contribution in [2.45, 2.75) is 6.42 Å². The van der Waals surface area contributed by atoms with Crippen molar-refractivity contribution >= 4 is 16.9 Å². The highest BCUT2D eigenvalue weighted by Gasteiger charge is 2.22. The number of nitrogens with one attached hydrogen (secondary N) is 1. The number of aliphatic hydroxyl groups is 1. The number of aliphatic hydroxyl groups excluding tert-OH is 1. The molecule has 1 fully saturated rings. The van der Waals surface area contributed by atoms with Crippen LogP contribution in [0.5, 0.6) is 0 Å². The molecule has 1 atom stereocenters. The number of nitrogens with zero attached hydrogens (tertiary/aromatic N) is 3. The fraction of sp³-hybridized carbons (Fsp3) is 0.294. The van der Waals surface area contributed by atoms with Crippen LogP contribution < -0.4 is 4.90 Å². The van der Waals surface area contributed by atoms with Crippen LogP contribution in [0, 0.1) is 5.92 Å². The fourth-order valence-corrected chi connectivity index (χ4v) is 3.05. The molecular weight excluding hydrogens is 276 g/mol. The van der Waals surface area contributed by atoms with Crippen LogP contribution in [0.25, 0.3) is 22.4 Å². The van der Waals surface area contributed by atoms with Crippen molar-refractivity contribution in [1.29, 1.82) is 0 Å². The van der Waals surface area contributed by atoms with E-state index in [9.17, 15) is 5.11 Å². The van der Waals surface area contributed by atoms with Crippen LogP contribution in [0.1, 0.15) is 6.42 Å². The first-order chi connectivity index (χ1) is 10.8. The molecule has 3 heterocycles. The smallest absolute Gasteiger partial charge is 0.156 e. The molecule has 4 rings (SSSR count). The van der Waals surface area contributed by atoms with Crippen LogP contribution in [0.4, 0.5) is 5.69 Å². The zero-order valence-corrected chi connectivity index (χ0v) is 12.2. The van der Waals surface area contributed by atoms with Gasteiger partial charge in [0, 0.05) is 43.1 Å². The van der Waals surface area contributed by atoms with Crippen molar-refractivity contribution in [3.05, 3.63) is 42.7 Å². The Bertz CT molecular complexity index is 798. The van der Waals surface area contributed by atoms with Gasteiger partial charge in [0.15, 0.2) is 5.65 Å². The van der Waals surface area contributed by atoms with Gasteiger partial charge >= 0.3 is 0 Å². The first-order valence-corrected chi connectivity index (χ1v) is 7.60. The van der Waals surface area contributed by atoms with E-state index in [1.54, 1.807) is 6.20 Å². The fourth-order valence-electron chi connectivity index (χ4n) is 3.05. The molecule has 5 heteroatoms. The van der Waals surface area contributed by atoms with Crippen LogP contribution in [-0.4, -0.2) is 39.8 Å². The standard InChI is InChI=1S/C17H18N4O/c22-11-12-5-7-21(10-12)14-3-1-2-13(8-14)16-9-19-17-15(20-16)4-6-18-17/h1-4,6,8-9,12,22H,5,7,10-11H2,(H,18,19)/t12-/m0/s1. The minimum absolute atomic E-state index is 0.270. The third-order valence-electron chi connectivity index (χ3n) is 4.31. The molecule has 5 nitrogen and oxygen atoms in total. The van der Waals surface area contributed by atoms with Crippen LogP contribution >= 0.6 is 0 Å². The summed E-state index contributed by atoms with van der Waals surface area (Å²) in [6.45, 7) is 2.19. The SMILES string of the molecule is OC[C@H]1CCN(c2cccc(-c3cnc4[nH]ccc4n3)c2)C1. The third kappa shape index (κ3) is 2.33. The minimum atomic E-state index is 0.270. The largest absolute Gasteiger partial charge is 0.396 e. The van der Waals surface area contributed by atoms with Gasteiger partial charge in [-0.2, -0.15) is 0 Å². The van der Waals surface area contributed by atoms with Crippen molar-refractivity contribution in [3.63, 3.8) is 0 Å². The first-order valence-electron chi connectivity index (χ1n) is 7.60. The Morgan fingerprint density at radius 3 is 3.14 bits per heavy atom. The molecule has 3 aromatic rings. The maximum Gasteiger partial charge on any atom is 0.156 e. The number of anilines is 1. The molecule has 0 spiro atoms. The third-order valence-corrected chi connectivity index (χ3v) is 4.31. The number of rotatable bonds is 3. The second-order valence-corrected chi connectivity index (χ2v) is 5.80. The Labute approximate surface area is 128 Å². The summed E-state index contributed by atoms with van der Waals surface area (Å²) >= 11 is 0. The monoisotopic (exact) mass is 294 g/mol. The lowest BCUT2D eigenvalue weighted by atomic mass is 10.1. The van der Waals surface area contributed by atoms with Crippen molar-refractivity contribution in [2.24, 2.45) is 5.92 Å². The van der Waals surface area contributed by atoms with Gasteiger partial charge in [0.25, 0.3) is 0 Å². The summed E-state index contributed by atoms with van der Waals surface area (Å²) in [5.41, 5.74) is 4.83. The summed E-state index contributed by atoms with van der Waals surface area (Å²) < 4.78 is 0. The molecule has 22 heavy (non-hydrogen) atoms. The summed E-state index contributed by atoms with van der Waals surface area (Å²) in [5, 5.41) is 9.30. The molecule has 1 aromatic carbocycles. The van der Waals surface area contributed by atoms with E-state index in [1.165, 1.54) is 5.69 Å². The molecule has 0 amide bonds. The maximum absolute atomic E-state index is 9.30. The number of hydrogen-bond donors (Lipinski definition) is 2. The van der Waals surface area contributed by atoms with Gasteiger partial charge in [0.1, 0.15) is 5.52 Å². The zero-order chi connectivity index (χ0) is 14.9. The molecule has 0 unspecified atom stereocenters. The molecular formula is C17H18N4O. The molecule has 2 aromatic heterocycles. The number of benzene rings is 1. The summed E-state index contributed by atoms with van der Waals surface area (Å²) in [6.07, 6.45) is 4.71. The van der Waals surface area contributed by atoms with E-state index < -0.39 is 0 Å². The van der Waals surface area contributed by atoms with Crippen molar-refractivity contribution in [1.82, 2.24) is 15.0 Å². The Hall–Kier alpha value is -2.40. The number of fused-ring (bicyclic) bond motifs is 1. The Morgan fingerprint density at radius 2 is 2.27 bits per heavy atom. The first kappa shape index (κ1) is 13.3. The Balaban J connectivity index is 1.66. The predicted molar refractivity (Wildman–Crippen MR) is 86.7 cm³/mol. The van der Waals surface area contributed by atoms with Crippen molar-refractivity contribution in [2.75, 3.05) is 24.6 Å². The summed E-state index contributed by atoms with van der Waals surface area (Å²) in [4.78, 5) is 14.4. The van der Waals surface area contributed by atoms with Gasteiger partial charge in [-0.15, -0.1) is 0 Å². The molecule has 0 saturated carbocycles. The topological polar surface area (TPSA) is 65.0 Å². The molecule has 0 aliphatic carbocycles. The highest BCUT2D eigenvalue weighted by molar-refractivity contribution is 5.75. The second kappa shape index (κ2) is 5.42. The van der Waals surface area contributed by atoms with Gasteiger partial charge in [-0.25, -0.2) is 9.97 Å². The van der Waals surface area contributed by atoms with Gasteiger partial charge < -0.3 is 15.0 Å². The molecule has 2 N–H and O–H groups in total. The van der Waals surface area contributed by atoms with Crippen molar-refractivity contribution < 1.29 is 5.11 Å². The molecule has 1 saturated heterocycles. The minimum Gasteiger partial charge on any atom is -0.396 e. The van der Waals surface area contributed by atoms with Gasteiger partial charge in [-0.1, -0.05) is 12.1 Å². The van der Waals surface area contributed by atoms with E-state index in [0.29, 0.717) is 5.92 Å². The Kier molecular flexibility index (Phi) is 3.27. The number of aromatic nitrogens is 3. The molecule has 1 aliphatic heterocycles. The van der Waals surface area contributed by atoms with E-state index in [1.807, 2.05) is 12.3 Å². The molecule has 0 bridgehead atoms. The van der Waals surface area contributed by atoms with Crippen LogP contribution in [0.15, 0.2) is 42.7 Å². The quantitative estimate of drug-likeness (QED) is 0.778. The summed E-state index contributed by atoms with van der Waals surface area (Å²) in [5.74, 6) is 0.389. The van der Waals surface area contributed by atoms with Gasteiger partial charge in [0.05, 0.1) is 11.9 Å². The van der Waals surface area contributed by atoms with E-state index in [0.717, 1.165) is 41.9 Å². The lowest BCUT2D eigenvalue weighted by molar-refractivity contribution is 0.238. The molecule has 1 aliphatic rings. The van der Waals surface area contributed by atoms with Crippen LogP contribution in [-0.2, 0) is 0 Å². The van der Waals surface area contributed by atoms with Crippen molar-refractivity contribution in [3.8, 4) is 11.3 Å². The normalized spacial score (nSPS) is 18.2. The lowest BCUT2D eigenvalue weighted by Gasteiger charge is -2.19. The van der Waals surface area contributed by atoms with E-state index in [4.69, 9.17) is 0 Å². The number of aromatic amines is 1. The van der Waals surface area contributed by atoms with E-state index in [2.05, 4.69) is 44.1 Å². The Morgan fingerprint density at radius 1 is 1.32 bits per heavy atom. The summed E-state index contributed by atoms with van der Waals surface area (Å²) in [7, 11) is 0. The molecule has 112 valence electrons. The highest BCUT2D eigenvalue weighted by Crippen LogP contribution is 2.28. The highest BCUT2D eigenvalue weighted by atomic mass is 16.3. The van der Waals surface area contributed by atoms with Gasteiger partial charge in [0.2, 0.25) is 0 Å². The maximum atomic E-state index is 9.30. The number of H-pyrrole nitrogens is 1. The zero-order valence-electron chi connectivity index (χ0n) is 12.2. The predicted octanol–water partition coefficient (Wildman–Crippen LogP) is 2.44. The second-order valence-electron chi connectivity index (χ2n) is 5.80. The van der Waals surface area contributed by atoms with E-state index >= 15 is 0 Å². The van der Waals surface area contributed by atoms with E-state index in [-0.39, 0.29) is 6.61 Å². The number of hydrogen-bond acceptors (Lipinski definition) is 4.